The van der Waals surface area contributed by atoms with E-state index in [9.17, 15) is 9.59 Å². The summed E-state index contributed by atoms with van der Waals surface area (Å²) in [6.45, 7) is -0.172. The SMILES string of the molecule is O=C(COc1ccc(I)cc1)NC(CC1CC1)C(=O)O. The molecule has 1 saturated carbocycles. The van der Waals surface area contributed by atoms with E-state index in [-0.39, 0.29) is 6.61 Å². The summed E-state index contributed by atoms with van der Waals surface area (Å²) in [5.74, 6) is -0.362. The summed E-state index contributed by atoms with van der Waals surface area (Å²) in [5.41, 5.74) is 0. The van der Waals surface area contributed by atoms with Crippen LogP contribution >= 0.6 is 22.6 Å². The van der Waals surface area contributed by atoms with Crippen LogP contribution in [0.1, 0.15) is 19.3 Å². The molecule has 108 valence electrons. The van der Waals surface area contributed by atoms with E-state index in [1.54, 1.807) is 12.1 Å². The predicted octanol–water partition coefficient (Wildman–Crippen LogP) is 2.04. The monoisotopic (exact) mass is 389 g/mol. The van der Waals surface area contributed by atoms with Crippen molar-refractivity contribution in [2.45, 2.75) is 25.3 Å². The number of aliphatic carboxylic acids is 1. The van der Waals surface area contributed by atoms with Crippen molar-refractivity contribution in [2.24, 2.45) is 5.92 Å². The molecule has 0 bridgehead atoms. The van der Waals surface area contributed by atoms with Gasteiger partial charge in [0.2, 0.25) is 0 Å². The Kier molecular flexibility index (Phi) is 5.22. The Hall–Kier alpha value is -1.31. The third-order valence-electron chi connectivity index (χ3n) is 3.08. The lowest BCUT2D eigenvalue weighted by Crippen LogP contribution is -2.43. The minimum absolute atomic E-state index is 0.172. The molecule has 1 unspecified atom stereocenters. The maximum absolute atomic E-state index is 11.7. The van der Waals surface area contributed by atoms with Gasteiger partial charge in [0.25, 0.3) is 5.91 Å². The fraction of sp³-hybridized carbons (Fsp3) is 0.429. The normalized spacial score (nSPS) is 15.4. The molecule has 1 aromatic carbocycles. The summed E-state index contributed by atoms with van der Waals surface area (Å²) in [7, 11) is 0. The average molecular weight is 389 g/mol. The number of hydrogen-bond donors (Lipinski definition) is 2. The summed E-state index contributed by atoms with van der Waals surface area (Å²) < 4.78 is 6.39. The van der Waals surface area contributed by atoms with Gasteiger partial charge in [-0.2, -0.15) is 0 Å². The maximum atomic E-state index is 11.7. The summed E-state index contributed by atoms with van der Waals surface area (Å²) in [4.78, 5) is 22.8. The second kappa shape index (κ2) is 6.92. The molecule has 2 rings (SSSR count). The minimum Gasteiger partial charge on any atom is -0.484 e. The molecule has 1 aliphatic rings. The second-order valence-electron chi connectivity index (χ2n) is 4.88. The molecule has 1 aliphatic carbocycles. The van der Waals surface area contributed by atoms with E-state index in [4.69, 9.17) is 9.84 Å². The highest BCUT2D eigenvalue weighted by molar-refractivity contribution is 14.1. The lowest BCUT2D eigenvalue weighted by molar-refractivity contribution is -0.142. The van der Waals surface area contributed by atoms with Gasteiger partial charge in [-0.25, -0.2) is 4.79 Å². The second-order valence-corrected chi connectivity index (χ2v) is 6.13. The van der Waals surface area contributed by atoms with Crippen molar-refractivity contribution < 1.29 is 19.4 Å². The van der Waals surface area contributed by atoms with Crippen LogP contribution in [0.5, 0.6) is 5.75 Å². The molecule has 0 aliphatic heterocycles. The number of hydrogen-bond acceptors (Lipinski definition) is 3. The van der Waals surface area contributed by atoms with Crippen LogP contribution in [0.3, 0.4) is 0 Å². The largest absolute Gasteiger partial charge is 0.484 e. The Morgan fingerprint density at radius 1 is 1.35 bits per heavy atom. The van der Waals surface area contributed by atoms with Crippen LogP contribution in [0.4, 0.5) is 0 Å². The summed E-state index contributed by atoms with van der Waals surface area (Å²) >= 11 is 2.18. The van der Waals surface area contributed by atoms with E-state index in [1.807, 2.05) is 12.1 Å². The molecule has 2 N–H and O–H groups in total. The first-order valence-electron chi connectivity index (χ1n) is 6.45. The van der Waals surface area contributed by atoms with E-state index in [0.29, 0.717) is 18.1 Å². The molecule has 0 spiro atoms. The van der Waals surface area contributed by atoms with Crippen molar-refractivity contribution in [3.05, 3.63) is 27.8 Å². The van der Waals surface area contributed by atoms with Gasteiger partial charge in [-0.05, 0) is 59.2 Å². The number of ether oxygens (including phenoxy) is 1. The Balaban J connectivity index is 1.78. The molecule has 1 amide bonds. The van der Waals surface area contributed by atoms with Gasteiger partial charge in [0, 0.05) is 3.57 Å². The molecule has 1 fully saturated rings. The number of carboxylic acid groups (broad SMARTS) is 1. The van der Waals surface area contributed by atoms with Crippen molar-refractivity contribution in [3.8, 4) is 5.75 Å². The topological polar surface area (TPSA) is 75.6 Å². The van der Waals surface area contributed by atoms with Crippen molar-refractivity contribution in [1.82, 2.24) is 5.32 Å². The highest BCUT2D eigenvalue weighted by atomic mass is 127. The van der Waals surface area contributed by atoms with Crippen LogP contribution in [0.15, 0.2) is 24.3 Å². The van der Waals surface area contributed by atoms with Crippen LogP contribution < -0.4 is 10.1 Å². The third kappa shape index (κ3) is 4.99. The quantitative estimate of drug-likeness (QED) is 0.700. The number of nitrogens with one attached hydrogen (secondary N) is 1. The average Bonchev–Trinajstić information content (AvgIpc) is 3.21. The molecule has 5 nitrogen and oxygen atoms in total. The number of rotatable bonds is 7. The summed E-state index contributed by atoms with van der Waals surface area (Å²) in [6, 6.07) is 6.49. The molecule has 20 heavy (non-hydrogen) atoms. The zero-order chi connectivity index (χ0) is 14.5. The maximum Gasteiger partial charge on any atom is 0.326 e. The Morgan fingerprint density at radius 2 is 2.00 bits per heavy atom. The first kappa shape index (κ1) is 15.1. The molecule has 1 aromatic rings. The van der Waals surface area contributed by atoms with Gasteiger partial charge < -0.3 is 15.2 Å². The van der Waals surface area contributed by atoms with E-state index in [0.717, 1.165) is 16.4 Å². The number of carbonyl (C=O) groups excluding carboxylic acids is 1. The number of carboxylic acids is 1. The predicted molar refractivity (Wildman–Crippen MR) is 81.6 cm³/mol. The minimum atomic E-state index is -0.987. The van der Waals surface area contributed by atoms with Gasteiger partial charge >= 0.3 is 5.97 Å². The molecule has 0 saturated heterocycles. The molecule has 0 heterocycles. The molecule has 1 atom stereocenters. The number of carbonyl (C=O) groups is 2. The molecule has 0 aromatic heterocycles. The summed E-state index contributed by atoms with van der Waals surface area (Å²) in [6.07, 6.45) is 2.61. The number of amides is 1. The molecular weight excluding hydrogens is 373 g/mol. The zero-order valence-electron chi connectivity index (χ0n) is 10.8. The van der Waals surface area contributed by atoms with Crippen molar-refractivity contribution >= 4 is 34.5 Å². The Bertz CT molecular complexity index is 484. The Morgan fingerprint density at radius 3 is 2.55 bits per heavy atom. The van der Waals surface area contributed by atoms with Crippen molar-refractivity contribution in [1.29, 1.82) is 0 Å². The van der Waals surface area contributed by atoms with E-state index in [1.165, 1.54) is 0 Å². The fourth-order valence-corrected chi connectivity index (χ4v) is 2.18. The van der Waals surface area contributed by atoms with Crippen molar-refractivity contribution in [3.63, 3.8) is 0 Å². The first-order chi connectivity index (χ1) is 9.54. The van der Waals surface area contributed by atoms with Crippen LogP contribution in [0.25, 0.3) is 0 Å². The molecule has 0 radical (unpaired) electrons. The van der Waals surface area contributed by atoms with Crippen molar-refractivity contribution in [2.75, 3.05) is 6.61 Å². The van der Waals surface area contributed by atoms with Gasteiger partial charge in [0.1, 0.15) is 11.8 Å². The van der Waals surface area contributed by atoms with Crippen LogP contribution in [0.2, 0.25) is 0 Å². The van der Waals surface area contributed by atoms with Gasteiger partial charge in [0.15, 0.2) is 6.61 Å². The number of benzene rings is 1. The first-order valence-corrected chi connectivity index (χ1v) is 7.53. The Labute approximate surface area is 130 Å². The van der Waals surface area contributed by atoms with E-state index < -0.39 is 17.9 Å². The standard InChI is InChI=1S/C14H16INO4/c15-10-3-5-11(6-4-10)20-8-13(17)16-12(14(18)19)7-9-1-2-9/h3-6,9,12H,1-2,7-8H2,(H,16,17)(H,18,19). The smallest absolute Gasteiger partial charge is 0.326 e. The number of halogens is 1. The van der Waals surface area contributed by atoms with Crippen LogP contribution in [0, 0.1) is 9.49 Å². The zero-order valence-corrected chi connectivity index (χ0v) is 13.0. The highest BCUT2D eigenvalue weighted by Gasteiger charge is 2.30. The van der Waals surface area contributed by atoms with Gasteiger partial charge in [-0.1, -0.05) is 12.8 Å². The van der Waals surface area contributed by atoms with E-state index in [2.05, 4.69) is 27.9 Å². The lowest BCUT2D eigenvalue weighted by Gasteiger charge is -2.14. The summed E-state index contributed by atoms with van der Waals surface area (Å²) in [5, 5.41) is 11.6. The third-order valence-corrected chi connectivity index (χ3v) is 3.80. The highest BCUT2D eigenvalue weighted by Crippen LogP contribution is 2.33. The fourth-order valence-electron chi connectivity index (χ4n) is 1.82. The molecule has 6 heteroatoms. The van der Waals surface area contributed by atoms with Gasteiger partial charge in [0.05, 0.1) is 0 Å². The van der Waals surface area contributed by atoms with Gasteiger partial charge in [-0.3, -0.25) is 4.79 Å². The van der Waals surface area contributed by atoms with Crippen LogP contribution in [-0.2, 0) is 9.59 Å². The lowest BCUT2D eigenvalue weighted by atomic mass is 10.1. The molecular formula is C14H16INO4. The van der Waals surface area contributed by atoms with E-state index >= 15 is 0 Å². The van der Waals surface area contributed by atoms with Gasteiger partial charge in [-0.15, -0.1) is 0 Å². The van der Waals surface area contributed by atoms with Crippen LogP contribution in [-0.4, -0.2) is 29.6 Å².